The lowest BCUT2D eigenvalue weighted by Gasteiger charge is -2.22. The summed E-state index contributed by atoms with van der Waals surface area (Å²) < 4.78 is 36.5. The number of carboxylic acid groups (broad SMARTS) is 1. The monoisotopic (exact) mass is 254 g/mol. The van der Waals surface area contributed by atoms with E-state index in [2.05, 4.69) is 0 Å². The number of carbonyl (C=O) groups is 2. The van der Waals surface area contributed by atoms with Gasteiger partial charge in [-0.3, -0.25) is 14.5 Å². The minimum absolute atomic E-state index is 0.00840. The van der Waals surface area contributed by atoms with Crippen molar-refractivity contribution in [2.24, 2.45) is 0 Å². The normalized spacial score (nSPS) is 18.9. The first-order valence-electron chi connectivity index (χ1n) is 5.11. The molecule has 0 spiro atoms. The van der Waals surface area contributed by atoms with E-state index in [-0.39, 0.29) is 26.2 Å². The van der Waals surface area contributed by atoms with Gasteiger partial charge in [-0.1, -0.05) is 0 Å². The molecule has 1 fully saturated rings. The van der Waals surface area contributed by atoms with Crippen LogP contribution >= 0.6 is 0 Å². The Hall–Kier alpha value is -1.31. The predicted octanol–water partition coefficient (Wildman–Crippen LogP) is 0.168. The fourth-order valence-electron chi connectivity index (χ4n) is 1.70. The fraction of sp³-hybridized carbons (Fsp3) is 0.778. The maximum absolute atomic E-state index is 12.2. The van der Waals surface area contributed by atoms with E-state index in [0.717, 1.165) is 4.90 Å². The molecule has 0 unspecified atom stereocenters. The Morgan fingerprint density at radius 3 is 2.29 bits per heavy atom. The summed E-state index contributed by atoms with van der Waals surface area (Å²) >= 11 is 0. The number of aliphatic carboxylic acids is 1. The number of amides is 1. The molecule has 98 valence electrons. The van der Waals surface area contributed by atoms with Gasteiger partial charge in [0.2, 0.25) is 0 Å². The minimum Gasteiger partial charge on any atom is -0.480 e. The molecule has 0 aromatic heterocycles. The van der Waals surface area contributed by atoms with Gasteiger partial charge >= 0.3 is 18.1 Å². The zero-order valence-electron chi connectivity index (χ0n) is 9.03. The number of hydrogen-bond donors (Lipinski definition) is 1. The first-order valence-corrected chi connectivity index (χ1v) is 5.11. The summed E-state index contributed by atoms with van der Waals surface area (Å²) in [7, 11) is 0. The van der Waals surface area contributed by atoms with Crippen molar-refractivity contribution in [3.8, 4) is 0 Å². The number of nitrogens with zero attached hydrogens (tertiary/aromatic N) is 2. The van der Waals surface area contributed by atoms with Crippen LogP contribution in [0.5, 0.6) is 0 Å². The molecule has 1 rings (SSSR count). The van der Waals surface area contributed by atoms with Crippen LogP contribution in [0.25, 0.3) is 0 Å². The summed E-state index contributed by atoms with van der Waals surface area (Å²) in [6.07, 6.45) is -4.52. The minimum atomic E-state index is -4.86. The van der Waals surface area contributed by atoms with Gasteiger partial charge in [0.05, 0.1) is 6.54 Å². The Morgan fingerprint density at radius 2 is 1.76 bits per heavy atom. The zero-order valence-corrected chi connectivity index (χ0v) is 9.03. The quantitative estimate of drug-likeness (QED) is 0.763. The SMILES string of the molecule is O=C(O)CN1CCCN(C(=O)C(F)(F)F)CC1. The maximum Gasteiger partial charge on any atom is 0.471 e. The van der Waals surface area contributed by atoms with Gasteiger partial charge in [0.1, 0.15) is 0 Å². The van der Waals surface area contributed by atoms with Crippen LogP contribution < -0.4 is 0 Å². The first kappa shape index (κ1) is 13.8. The van der Waals surface area contributed by atoms with E-state index in [0.29, 0.717) is 13.0 Å². The van der Waals surface area contributed by atoms with Gasteiger partial charge in [0, 0.05) is 26.2 Å². The molecule has 0 atom stereocenters. The molecule has 0 aromatic carbocycles. The molecule has 0 saturated carbocycles. The molecule has 0 bridgehead atoms. The predicted molar refractivity (Wildman–Crippen MR) is 51.3 cm³/mol. The van der Waals surface area contributed by atoms with Gasteiger partial charge in [-0.25, -0.2) is 0 Å². The molecule has 8 heteroatoms. The van der Waals surface area contributed by atoms with Crippen molar-refractivity contribution in [2.75, 3.05) is 32.7 Å². The standard InChI is InChI=1S/C9H13F3N2O3/c10-9(11,12)8(17)14-3-1-2-13(4-5-14)6-7(15)16/h1-6H2,(H,15,16). The largest absolute Gasteiger partial charge is 0.480 e. The summed E-state index contributed by atoms with van der Waals surface area (Å²) in [5.74, 6) is -2.88. The van der Waals surface area contributed by atoms with Crippen LogP contribution in [0.3, 0.4) is 0 Å². The highest BCUT2D eigenvalue weighted by Gasteiger charge is 2.42. The van der Waals surface area contributed by atoms with E-state index in [1.54, 1.807) is 0 Å². The van der Waals surface area contributed by atoms with E-state index in [1.165, 1.54) is 4.90 Å². The van der Waals surface area contributed by atoms with E-state index < -0.39 is 18.1 Å². The molecular formula is C9H13F3N2O3. The lowest BCUT2D eigenvalue weighted by Crippen LogP contribution is -2.43. The molecule has 1 N–H and O–H groups in total. The Kier molecular flexibility index (Phi) is 4.33. The van der Waals surface area contributed by atoms with Gasteiger partial charge in [0.25, 0.3) is 0 Å². The van der Waals surface area contributed by atoms with Crippen molar-refractivity contribution in [1.29, 1.82) is 0 Å². The van der Waals surface area contributed by atoms with E-state index in [9.17, 15) is 22.8 Å². The third-order valence-corrected chi connectivity index (χ3v) is 2.48. The number of carbonyl (C=O) groups excluding carboxylic acids is 1. The number of halogens is 3. The van der Waals surface area contributed by atoms with Gasteiger partial charge in [-0.05, 0) is 6.42 Å². The average Bonchev–Trinajstić information content (AvgIpc) is 2.40. The molecule has 0 aromatic rings. The number of rotatable bonds is 2. The molecule has 1 heterocycles. The number of carboxylic acids is 1. The van der Waals surface area contributed by atoms with Crippen LogP contribution in [-0.4, -0.2) is 65.7 Å². The van der Waals surface area contributed by atoms with Crippen molar-refractivity contribution < 1.29 is 27.9 Å². The summed E-state index contributed by atoms with van der Waals surface area (Å²) in [5.41, 5.74) is 0. The Balaban J connectivity index is 2.53. The Morgan fingerprint density at radius 1 is 1.12 bits per heavy atom. The van der Waals surface area contributed by atoms with Crippen LogP contribution in [0.1, 0.15) is 6.42 Å². The highest BCUT2D eigenvalue weighted by molar-refractivity contribution is 5.81. The highest BCUT2D eigenvalue weighted by atomic mass is 19.4. The van der Waals surface area contributed by atoms with Gasteiger partial charge < -0.3 is 10.0 Å². The highest BCUT2D eigenvalue weighted by Crippen LogP contribution is 2.19. The van der Waals surface area contributed by atoms with Crippen LogP contribution in [0.4, 0.5) is 13.2 Å². The lowest BCUT2D eigenvalue weighted by molar-refractivity contribution is -0.185. The van der Waals surface area contributed by atoms with Gasteiger partial charge in [-0.15, -0.1) is 0 Å². The number of alkyl halides is 3. The summed E-state index contributed by atoms with van der Waals surface area (Å²) in [6, 6.07) is 0. The van der Waals surface area contributed by atoms with Crippen LogP contribution in [0, 0.1) is 0 Å². The van der Waals surface area contributed by atoms with Crippen LogP contribution in [-0.2, 0) is 9.59 Å². The van der Waals surface area contributed by atoms with Gasteiger partial charge in [0.15, 0.2) is 0 Å². The molecule has 1 saturated heterocycles. The lowest BCUT2D eigenvalue weighted by atomic mass is 10.3. The smallest absolute Gasteiger partial charge is 0.471 e. The molecule has 1 amide bonds. The summed E-state index contributed by atoms with van der Waals surface area (Å²) in [4.78, 5) is 23.7. The molecule has 0 radical (unpaired) electrons. The fourth-order valence-corrected chi connectivity index (χ4v) is 1.70. The van der Waals surface area contributed by atoms with E-state index in [1.807, 2.05) is 0 Å². The molecule has 17 heavy (non-hydrogen) atoms. The molecule has 1 aliphatic rings. The zero-order chi connectivity index (χ0) is 13.1. The molecule has 1 aliphatic heterocycles. The van der Waals surface area contributed by atoms with Crippen molar-refractivity contribution in [3.63, 3.8) is 0 Å². The van der Waals surface area contributed by atoms with Gasteiger partial charge in [-0.2, -0.15) is 13.2 Å². The molecule has 5 nitrogen and oxygen atoms in total. The summed E-state index contributed by atoms with van der Waals surface area (Å²) in [5, 5.41) is 8.56. The third kappa shape index (κ3) is 4.22. The molecular weight excluding hydrogens is 241 g/mol. The van der Waals surface area contributed by atoms with Crippen LogP contribution in [0.15, 0.2) is 0 Å². The second-order valence-corrected chi connectivity index (χ2v) is 3.81. The average molecular weight is 254 g/mol. The first-order chi connectivity index (χ1) is 7.80. The van der Waals surface area contributed by atoms with Crippen molar-refractivity contribution >= 4 is 11.9 Å². The van der Waals surface area contributed by atoms with E-state index in [4.69, 9.17) is 5.11 Å². The Bertz CT molecular complexity index is 306. The van der Waals surface area contributed by atoms with Crippen molar-refractivity contribution in [2.45, 2.75) is 12.6 Å². The second-order valence-electron chi connectivity index (χ2n) is 3.81. The summed E-state index contributed by atoms with van der Waals surface area (Å²) in [6.45, 7) is 0.232. The van der Waals surface area contributed by atoms with E-state index >= 15 is 0 Å². The number of hydrogen-bond acceptors (Lipinski definition) is 3. The molecule has 0 aliphatic carbocycles. The second kappa shape index (κ2) is 5.35. The maximum atomic E-state index is 12.2. The third-order valence-electron chi connectivity index (χ3n) is 2.48. The van der Waals surface area contributed by atoms with Crippen molar-refractivity contribution in [1.82, 2.24) is 9.80 Å². The van der Waals surface area contributed by atoms with Crippen LogP contribution in [0.2, 0.25) is 0 Å². The Labute approximate surface area is 95.8 Å². The van der Waals surface area contributed by atoms with Crippen molar-refractivity contribution in [3.05, 3.63) is 0 Å². The topological polar surface area (TPSA) is 60.9 Å².